The van der Waals surface area contributed by atoms with E-state index in [0.717, 1.165) is 16.6 Å². The van der Waals surface area contributed by atoms with Crippen LogP contribution in [0.15, 0.2) is 54.1 Å². The van der Waals surface area contributed by atoms with Crippen LogP contribution in [0.1, 0.15) is 43.5 Å². The van der Waals surface area contributed by atoms with Crippen molar-refractivity contribution in [2.75, 3.05) is 23.3 Å². The third-order valence-corrected chi connectivity index (χ3v) is 9.11. The predicted octanol–water partition coefficient (Wildman–Crippen LogP) is 4.75. The van der Waals surface area contributed by atoms with Gasteiger partial charge in [-0.25, -0.2) is 9.37 Å². The smallest absolute Gasteiger partial charge is 0.282 e. The fourth-order valence-corrected chi connectivity index (χ4v) is 6.87. The average molecular weight is 621 g/mol. The molecule has 0 spiro atoms. The maximum absolute atomic E-state index is 16.5. The first-order valence-corrected chi connectivity index (χ1v) is 15.2. The number of H-pyrrole nitrogens is 1. The van der Waals surface area contributed by atoms with Crippen molar-refractivity contribution in [1.29, 1.82) is 0 Å². The van der Waals surface area contributed by atoms with E-state index in [-0.39, 0.29) is 48.0 Å². The molecule has 1 aromatic carbocycles. The highest BCUT2D eigenvalue weighted by Crippen LogP contribution is 2.42. The molecule has 0 bridgehead atoms. The number of piperazine rings is 1. The molecule has 6 heterocycles. The van der Waals surface area contributed by atoms with Gasteiger partial charge >= 0.3 is 0 Å². The van der Waals surface area contributed by atoms with Crippen LogP contribution < -0.4 is 15.8 Å². The summed E-state index contributed by atoms with van der Waals surface area (Å²) in [5.74, 6) is -1.38. The predicted molar refractivity (Wildman–Crippen MR) is 175 cm³/mol. The summed E-state index contributed by atoms with van der Waals surface area (Å²) in [6.07, 6.45) is 4.55. The van der Waals surface area contributed by atoms with Gasteiger partial charge in [-0.15, -0.1) is 0 Å². The lowest BCUT2D eigenvalue weighted by Crippen LogP contribution is -2.64. The van der Waals surface area contributed by atoms with Crippen molar-refractivity contribution in [3.05, 3.63) is 82.3 Å². The van der Waals surface area contributed by atoms with Crippen molar-refractivity contribution in [3.63, 3.8) is 0 Å². The summed E-state index contributed by atoms with van der Waals surface area (Å²) >= 11 is 0. The fourth-order valence-electron chi connectivity index (χ4n) is 6.87. The maximum atomic E-state index is 16.5. The van der Waals surface area contributed by atoms with Crippen molar-refractivity contribution in [3.8, 4) is 16.9 Å². The highest BCUT2D eigenvalue weighted by Gasteiger charge is 2.44. The number of aryl methyl sites for hydroxylation is 2. The lowest BCUT2D eigenvalue weighted by molar-refractivity contribution is -0.130. The van der Waals surface area contributed by atoms with Crippen molar-refractivity contribution < 1.29 is 14.0 Å². The molecule has 2 aliphatic heterocycles. The van der Waals surface area contributed by atoms with E-state index < -0.39 is 23.3 Å². The average Bonchev–Trinajstić information content (AvgIpc) is 3.50. The van der Waals surface area contributed by atoms with Gasteiger partial charge < -0.3 is 15.1 Å². The Bertz CT molecular complexity index is 2190. The number of rotatable bonds is 4. The molecule has 0 aliphatic carbocycles. The van der Waals surface area contributed by atoms with Crippen LogP contribution >= 0.6 is 0 Å². The van der Waals surface area contributed by atoms with Crippen LogP contribution in [-0.4, -0.2) is 66.6 Å². The Morgan fingerprint density at radius 1 is 1.11 bits per heavy atom. The summed E-state index contributed by atoms with van der Waals surface area (Å²) in [6.45, 7) is 13.5. The van der Waals surface area contributed by atoms with E-state index in [9.17, 15) is 14.4 Å². The number of halogens is 1. The van der Waals surface area contributed by atoms with Crippen LogP contribution in [0.2, 0.25) is 0 Å². The van der Waals surface area contributed by atoms with Crippen LogP contribution in [0.5, 0.6) is 0 Å². The summed E-state index contributed by atoms with van der Waals surface area (Å²) < 4.78 is 18.0. The van der Waals surface area contributed by atoms with E-state index in [0.29, 0.717) is 33.4 Å². The third-order valence-electron chi connectivity index (χ3n) is 9.11. The van der Waals surface area contributed by atoms with Gasteiger partial charge in [0.1, 0.15) is 23.2 Å². The SMILES string of the molecule is C=CC(=O)N1CC2C(=O)Nc3c(c4cc(F)c(-c5c(C)ccc6[nH]ncc56)nc4n(-c4c(C)ccnc4C(C)C)c3=O)N2CC1C. The summed E-state index contributed by atoms with van der Waals surface area (Å²) in [5.41, 5.74) is 4.24. The number of nitrogens with zero attached hydrogens (tertiary/aromatic N) is 6. The van der Waals surface area contributed by atoms with Gasteiger partial charge in [-0.05, 0) is 62.1 Å². The van der Waals surface area contributed by atoms with Gasteiger partial charge in [0.05, 0.1) is 35.3 Å². The van der Waals surface area contributed by atoms with Crippen LogP contribution in [0, 0.1) is 19.7 Å². The first-order valence-electron chi connectivity index (χ1n) is 15.2. The Hall–Kier alpha value is -5.39. The number of hydrogen-bond donors (Lipinski definition) is 2. The minimum atomic E-state index is -0.804. The molecule has 11 nitrogen and oxygen atoms in total. The van der Waals surface area contributed by atoms with E-state index in [4.69, 9.17) is 4.98 Å². The highest BCUT2D eigenvalue weighted by molar-refractivity contribution is 6.11. The first-order chi connectivity index (χ1) is 22.0. The quantitative estimate of drug-likeness (QED) is 0.278. The first kappa shape index (κ1) is 29.3. The molecule has 0 saturated carbocycles. The minimum Gasteiger partial charge on any atom is -0.354 e. The van der Waals surface area contributed by atoms with E-state index in [2.05, 4.69) is 27.1 Å². The second-order valence-corrected chi connectivity index (χ2v) is 12.4. The molecular formula is C34H33FN8O3. The zero-order chi connectivity index (χ0) is 32.6. The highest BCUT2D eigenvalue weighted by atomic mass is 19.1. The zero-order valence-corrected chi connectivity index (χ0v) is 26.2. The Morgan fingerprint density at radius 3 is 2.63 bits per heavy atom. The Kier molecular flexibility index (Phi) is 6.76. The van der Waals surface area contributed by atoms with E-state index in [1.54, 1.807) is 17.3 Å². The summed E-state index contributed by atoms with van der Waals surface area (Å²) in [7, 11) is 0. The number of aromatic nitrogens is 5. The number of fused-ring (bicyclic) bond motifs is 6. The van der Waals surface area contributed by atoms with Gasteiger partial charge in [-0.2, -0.15) is 5.10 Å². The fraction of sp³-hybridized carbons (Fsp3) is 0.294. The molecular weight excluding hydrogens is 587 g/mol. The van der Waals surface area contributed by atoms with Gasteiger partial charge in [0, 0.05) is 35.1 Å². The number of amides is 2. The van der Waals surface area contributed by atoms with Crippen molar-refractivity contribution in [1.82, 2.24) is 29.6 Å². The van der Waals surface area contributed by atoms with Gasteiger partial charge in [-0.3, -0.25) is 29.0 Å². The zero-order valence-electron chi connectivity index (χ0n) is 26.2. The number of hydrogen-bond acceptors (Lipinski definition) is 7. The molecule has 1 saturated heterocycles. The Morgan fingerprint density at radius 2 is 1.89 bits per heavy atom. The van der Waals surface area contributed by atoms with Crippen molar-refractivity contribution in [2.24, 2.45) is 0 Å². The van der Waals surface area contributed by atoms with Crippen molar-refractivity contribution >= 4 is 45.1 Å². The molecule has 2 unspecified atom stereocenters. The number of benzene rings is 1. The third kappa shape index (κ3) is 4.23. The topological polar surface area (TPSA) is 129 Å². The van der Waals surface area contributed by atoms with Crippen LogP contribution in [-0.2, 0) is 9.59 Å². The molecule has 2 atom stereocenters. The summed E-state index contributed by atoms with van der Waals surface area (Å²) in [6, 6.07) is 5.83. The number of carbonyl (C=O) groups excluding carboxylic acids is 2. The van der Waals surface area contributed by atoms with Gasteiger partial charge in [0.2, 0.25) is 11.8 Å². The maximum Gasteiger partial charge on any atom is 0.282 e. The standard InChI is InChI=1S/C34H33FN8O3/c1-7-25(44)41-15-24-33(45)39-29-31(42(24)14-19(41)6)20-12-22(35)28(26-17(4)8-9-23-21(26)13-37-40-23)38-32(20)43(34(29)46)30-18(5)10-11-36-27(30)16(2)3/h7-13,16,19,24H,1,14-15H2,2-6H3,(H,37,40)(H,39,45). The van der Waals surface area contributed by atoms with E-state index in [1.807, 2.05) is 57.7 Å². The van der Waals surface area contributed by atoms with Gasteiger partial charge in [0.15, 0.2) is 5.65 Å². The lowest BCUT2D eigenvalue weighted by atomic mass is 9.97. The second kappa shape index (κ2) is 10.6. The molecule has 0 radical (unpaired) electrons. The van der Waals surface area contributed by atoms with Gasteiger partial charge in [-0.1, -0.05) is 26.5 Å². The molecule has 5 aromatic rings. The number of pyridine rings is 3. The molecule has 4 aromatic heterocycles. The summed E-state index contributed by atoms with van der Waals surface area (Å²) in [5, 5.41) is 11.0. The molecule has 2 N–H and O–H groups in total. The molecule has 1 fully saturated rings. The molecule has 12 heteroatoms. The number of nitrogens with one attached hydrogen (secondary N) is 2. The van der Waals surface area contributed by atoms with Crippen LogP contribution in [0.3, 0.4) is 0 Å². The normalized spacial score (nSPS) is 17.8. The number of carbonyl (C=O) groups is 2. The minimum absolute atomic E-state index is 0.0319. The lowest BCUT2D eigenvalue weighted by Gasteiger charge is -2.48. The molecule has 234 valence electrons. The van der Waals surface area contributed by atoms with Crippen LogP contribution in [0.4, 0.5) is 15.8 Å². The van der Waals surface area contributed by atoms with E-state index in [1.165, 1.54) is 16.7 Å². The van der Waals surface area contributed by atoms with Crippen molar-refractivity contribution in [2.45, 2.75) is 52.6 Å². The Balaban J connectivity index is 1.59. The van der Waals surface area contributed by atoms with E-state index >= 15 is 4.39 Å². The molecule has 7 rings (SSSR count). The monoisotopic (exact) mass is 620 g/mol. The largest absolute Gasteiger partial charge is 0.354 e. The van der Waals surface area contributed by atoms with Crippen LogP contribution in [0.25, 0.3) is 38.9 Å². The second-order valence-electron chi connectivity index (χ2n) is 12.4. The molecule has 2 aliphatic rings. The number of aromatic amines is 1. The number of anilines is 2. The van der Waals surface area contributed by atoms with Gasteiger partial charge in [0.25, 0.3) is 5.56 Å². The Labute approximate surface area is 263 Å². The molecule has 46 heavy (non-hydrogen) atoms. The summed E-state index contributed by atoms with van der Waals surface area (Å²) in [4.78, 5) is 53.9. The molecule has 2 amide bonds.